The number of guanidine groups is 2. The third-order valence-corrected chi connectivity index (χ3v) is 2.55. The number of nitrogens with zero attached hydrogens (tertiary/aromatic N) is 2. The number of carbonyl (C=O) groups is 1. The van der Waals surface area contributed by atoms with Gasteiger partial charge < -0.3 is 22.5 Å². The van der Waals surface area contributed by atoms with Crippen LogP contribution in [0.3, 0.4) is 0 Å². The summed E-state index contributed by atoms with van der Waals surface area (Å²) in [5.74, 6) is 0.00213. The second-order valence-corrected chi connectivity index (χ2v) is 4.32. The summed E-state index contributed by atoms with van der Waals surface area (Å²) < 4.78 is 0. The van der Waals surface area contributed by atoms with E-state index < -0.39 is 0 Å². The summed E-state index contributed by atoms with van der Waals surface area (Å²) in [4.78, 5) is 19.3. The van der Waals surface area contributed by atoms with Gasteiger partial charge in [0.15, 0.2) is 5.96 Å². The molecule has 0 atom stereocenters. The Kier molecular flexibility index (Phi) is 3.65. The summed E-state index contributed by atoms with van der Waals surface area (Å²) >= 11 is 0. The first kappa shape index (κ1) is 12.9. The molecular formula is C12H16N6O. The van der Waals surface area contributed by atoms with E-state index in [0.717, 1.165) is 12.8 Å². The molecule has 7 heteroatoms. The molecule has 19 heavy (non-hydrogen) atoms. The molecule has 1 fully saturated rings. The van der Waals surface area contributed by atoms with Gasteiger partial charge >= 0.3 is 0 Å². The van der Waals surface area contributed by atoms with Crippen LogP contribution >= 0.6 is 0 Å². The van der Waals surface area contributed by atoms with Crippen molar-refractivity contribution in [2.75, 3.05) is 5.32 Å². The molecule has 0 aliphatic heterocycles. The minimum absolute atomic E-state index is 0.0364. The van der Waals surface area contributed by atoms with Gasteiger partial charge in [-0.2, -0.15) is 4.99 Å². The standard InChI is InChI=1S/C12H16N6O/c13-11(14)18-12(15)17-9-3-1-2-8(6-9)16-10(19)7-4-5-7/h1-3,6-7H,4-5H2,(H,16,19)(H6,13,14,15,17,18). The average molecular weight is 260 g/mol. The van der Waals surface area contributed by atoms with Crippen molar-refractivity contribution in [1.82, 2.24) is 0 Å². The molecular weight excluding hydrogens is 244 g/mol. The Morgan fingerprint density at radius 1 is 1.26 bits per heavy atom. The van der Waals surface area contributed by atoms with E-state index in [4.69, 9.17) is 17.2 Å². The molecule has 0 aromatic heterocycles. The Morgan fingerprint density at radius 3 is 2.63 bits per heavy atom. The lowest BCUT2D eigenvalue weighted by Crippen LogP contribution is -2.26. The molecule has 1 aliphatic carbocycles. The van der Waals surface area contributed by atoms with E-state index in [1.807, 2.05) is 0 Å². The number of nitrogens with two attached hydrogens (primary N) is 3. The number of hydrogen-bond acceptors (Lipinski definition) is 2. The molecule has 7 N–H and O–H groups in total. The van der Waals surface area contributed by atoms with Crippen LogP contribution in [0.4, 0.5) is 11.4 Å². The molecule has 0 unspecified atom stereocenters. The van der Waals surface area contributed by atoms with Crippen LogP contribution in [0.1, 0.15) is 12.8 Å². The molecule has 7 nitrogen and oxygen atoms in total. The van der Waals surface area contributed by atoms with Gasteiger partial charge in [-0.15, -0.1) is 0 Å². The zero-order valence-corrected chi connectivity index (χ0v) is 10.3. The lowest BCUT2D eigenvalue weighted by Gasteiger charge is -2.04. The van der Waals surface area contributed by atoms with Gasteiger partial charge in [-0.05, 0) is 31.0 Å². The van der Waals surface area contributed by atoms with Crippen LogP contribution < -0.4 is 22.5 Å². The first-order chi connectivity index (χ1) is 9.04. The van der Waals surface area contributed by atoms with Crippen LogP contribution in [-0.4, -0.2) is 17.8 Å². The molecule has 1 saturated carbocycles. The molecule has 0 spiro atoms. The number of hydrogen-bond donors (Lipinski definition) is 4. The molecule has 1 aliphatic rings. The highest BCUT2D eigenvalue weighted by atomic mass is 16.2. The van der Waals surface area contributed by atoms with Crippen LogP contribution in [0, 0.1) is 5.92 Å². The third-order valence-electron chi connectivity index (χ3n) is 2.55. The van der Waals surface area contributed by atoms with Crippen molar-refractivity contribution in [1.29, 1.82) is 0 Å². The summed E-state index contributed by atoms with van der Waals surface area (Å²) in [7, 11) is 0. The van der Waals surface area contributed by atoms with Crippen LogP contribution in [-0.2, 0) is 4.79 Å². The van der Waals surface area contributed by atoms with Gasteiger partial charge in [-0.3, -0.25) is 4.79 Å². The number of amides is 1. The van der Waals surface area contributed by atoms with Gasteiger partial charge in [0.25, 0.3) is 0 Å². The fraction of sp³-hybridized carbons (Fsp3) is 0.250. The van der Waals surface area contributed by atoms with E-state index >= 15 is 0 Å². The lowest BCUT2D eigenvalue weighted by molar-refractivity contribution is -0.117. The first-order valence-corrected chi connectivity index (χ1v) is 5.89. The summed E-state index contributed by atoms with van der Waals surface area (Å²) in [6, 6.07) is 7.00. The monoisotopic (exact) mass is 260 g/mol. The lowest BCUT2D eigenvalue weighted by atomic mass is 10.2. The van der Waals surface area contributed by atoms with Crippen molar-refractivity contribution in [3.8, 4) is 0 Å². The highest BCUT2D eigenvalue weighted by Gasteiger charge is 2.29. The molecule has 0 radical (unpaired) electrons. The zero-order chi connectivity index (χ0) is 13.8. The highest BCUT2D eigenvalue weighted by molar-refractivity contribution is 5.95. The molecule has 0 saturated heterocycles. The van der Waals surface area contributed by atoms with Crippen molar-refractivity contribution >= 4 is 29.2 Å². The molecule has 1 aromatic rings. The van der Waals surface area contributed by atoms with Gasteiger partial charge in [-0.1, -0.05) is 6.07 Å². The molecule has 1 aromatic carbocycles. The van der Waals surface area contributed by atoms with Crippen LogP contribution in [0.2, 0.25) is 0 Å². The SMILES string of the molecule is NC(N)=NC(N)=Nc1cccc(NC(=O)C2CC2)c1. The largest absolute Gasteiger partial charge is 0.370 e. The van der Waals surface area contributed by atoms with E-state index in [0.29, 0.717) is 11.4 Å². The van der Waals surface area contributed by atoms with Gasteiger partial charge in [-0.25, -0.2) is 4.99 Å². The van der Waals surface area contributed by atoms with Crippen molar-refractivity contribution in [3.63, 3.8) is 0 Å². The smallest absolute Gasteiger partial charge is 0.227 e. The maximum atomic E-state index is 11.6. The fourth-order valence-electron chi connectivity index (χ4n) is 1.53. The van der Waals surface area contributed by atoms with Crippen LogP contribution in [0.15, 0.2) is 34.3 Å². The Bertz CT molecular complexity index is 543. The fourth-order valence-corrected chi connectivity index (χ4v) is 1.53. The molecule has 2 rings (SSSR count). The van der Waals surface area contributed by atoms with Crippen molar-refractivity contribution < 1.29 is 4.79 Å². The van der Waals surface area contributed by atoms with Crippen LogP contribution in [0.25, 0.3) is 0 Å². The number of anilines is 1. The molecule has 0 heterocycles. The predicted molar refractivity (Wildman–Crippen MR) is 74.9 cm³/mol. The maximum absolute atomic E-state index is 11.6. The first-order valence-electron chi connectivity index (χ1n) is 5.89. The Labute approximate surface area is 110 Å². The Balaban J connectivity index is 2.10. The van der Waals surface area contributed by atoms with Crippen LogP contribution in [0.5, 0.6) is 0 Å². The van der Waals surface area contributed by atoms with Crippen molar-refractivity contribution in [2.24, 2.45) is 33.1 Å². The van der Waals surface area contributed by atoms with Gasteiger partial charge in [0.05, 0.1) is 5.69 Å². The van der Waals surface area contributed by atoms with E-state index in [9.17, 15) is 4.79 Å². The van der Waals surface area contributed by atoms with E-state index in [2.05, 4.69) is 15.3 Å². The summed E-state index contributed by atoms with van der Waals surface area (Å²) in [6.45, 7) is 0. The molecule has 1 amide bonds. The highest BCUT2D eigenvalue weighted by Crippen LogP contribution is 2.30. The minimum atomic E-state index is -0.153. The predicted octanol–water partition coefficient (Wildman–Crippen LogP) is 0.255. The number of aliphatic imine (C=N–C) groups is 2. The average Bonchev–Trinajstić information content (AvgIpc) is 3.11. The van der Waals surface area contributed by atoms with Crippen molar-refractivity contribution in [3.05, 3.63) is 24.3 Å². The maximum Gasteiger partial charge on any atom is 0.227 e. The van der Waals surface area contributed by atoms with E-state index in [1.165, 1.54) is 0 Å². The number of carbonyl (C=O) groups excluding carboxylic acids is 1. The topological polar surface area (TPSA) is 132 Å². The minimum Gasteiger partial charge on any atom is -0.370 e. The third kappa shape index (κ3) is 3.98. The quantitative estimate of drug-likeness (QED) is 0.458. The van der Waals surface area contributed by atoms with Gasteiger partial charge in [0.1, 0.15) is 0 Å². The Hall–Kier alpha value is -2.57. The molecule has 0 bridgehead atoms. The normalized spacial score (nSPS) is 14.8. The summed E-state index contributed by atoms with van der Waals surface area (Å²) in [6.07, 6.45) is 1.92. The van der Waals surface area contributed by atoms with E-state index in [1.54, 1.807) is 24.3 Å². The zero-order valence-electron chi connectivity index (χ0n) is 10.3. The number of benzene rings is 1. The Morgan fingerprint density at radius 2 is 2.00 bits per heavy atom. The molecule has 100 valence electrons. The van der Waals surface area contributed by atoms with E-state index in [-0.39, 0.29) is 23.7 Å². The second kappa shape index (κ2) is 5.38. The van der Waals surface area contributed by atoms with Gasteiger partial charge in [0, 0.05) is 11.6 Å². The van der Waals surface area contributed by atoms with Crippen molar-refractivity contribution in [2.45, 2.75) is 12.8 Å². The number of nitrogens with one attached hydrogen (secondary N) is 1. The van der Waals surface area contributed by atoms with Gasteiger partial charge in [0.2, 0.25) is 11.9 Å². The number of rotatable bonds is 3. The summed E-state index contributed by atoms with van der Waals surface area (Å²) in [5, 5.41) is 2.82. The summed E-state index contributed by atoms with van der Waals surface area (Å²) in [5.41, 5.74) is 17.2. The second-order valence-electron chi connectivity index (χ2n) is 4.32.